The molecule has 5 nitrogen and oxygen atoms in total. The molecule has 2 saturated heterocycles. The number of hydrogen-bond donors (Lipinski definition) is 1. The summed E-state index contributed by atoms with van der Waals surface area (Å²) < 4.78 is 5.57. The van der Waals surface area contributed by atoms with Crippen LogP contribution >= 0.6 is 24.2 Å². The maximum Gasteiger partial charge on any atom is 0.234 e. The Hall–Kier alpha value is -1.39. The van der Waals surface area contributed by atoms with Gasteiger partial charge in [-0.05, 0) is 18.9 Å². The number of rotatable bonds is 4. The zero-order chi connectivity index (χ0) is 19.4. The Bertz CT molecular complexity index is 773. The van der Waals surface area contributed by atoms with Crippen molar-refractivity contribution in [3.05, 3.63) is 29.8 Å². The predicted molar refractivity (Wildman–Crippen MR) is 121 cm³/mol. The van der Waals surface area contributed by atoms with Crippen LogP contribution in [0.15, 0.2) is 24.3 Å². The number of hydrogen-bond acceptors (Lipinski definition) is 5. The summed E-state index contributed by atoms with van der Waals surface area (Å²) in [5.41, 5.74) is 1.20. The number of halogens is 1. The van der Waals surface area contributed by atoms with Crippen molar-refractivity contribution >= 4 is 30.1 Å². The Labute approximate surface area is 184 Å². The average molecular weight is 436 g/mol. The predicted octanol–water partition coefficient (Wildman–Crippen LogP) is 2.91. The van der Waals surface area contributed by atoms with Crippen molar-refractivity contribution in [2.24, 2.45) is 0 Å². The molecule has 1 aromatic carbocycles. The summed E-state index contributed by atoms with van der Waals surface area (Å²) in [5, 5.41) is 3.49. The minimum Gasteiger partial charge on any atom is -0.496 e. The zero-order valence-corrected chi connectivity index (χ0v) is 18.6. The molecule has 7 heteroatoms. The monoisotopic (exact) mass is 435 g/mol. The van der Waals surface area contributed by atoms with E-state index in [0.717, 1.165) is 38.2 Å². The maximum atomic E-state index is 12.3. The number of piperazine rings is 1. The number of nitrogens with zero attached hydrogens (tertiary/aromatic N) is 2. The third-order valence-corrected chi connectivity index (χ3v) is 7.70. The van der Waals surface area contributed by atoms with Gasteiger partial charge in [-0.3, -0.25) is 9.69 Å². The fourth-order valence-corrected chi connectivity index (χ4v) is 6.08. The van der Waals surface area contributed by atoms with Crippen molar-refractivity contribution in [3.8, 4) is 17.6 Å². The lowest BCUT2D eigenvalue weighted by molar-refractivity contribution is -0.129. The summed E-state index contributed by atoms with van der Waals surface area (Å²) in [6.45, 7) is 4.10. The summed E-state index contributed by atoms with van der Waals surface area (Å²) in [6.07, 6.45) is 4.70. The van der Waals surface area contributed by atoms with E-state index in [0.29, 0.717) is 18.8 Å². The van der Waals surface area contributed by atoms with Gasteiger partial charge in [-0.15, -0.1) is 24.2 Å². The van der Waals surface area contributed by atoms with Gasteiger partial charge in [-0.25, -0.2) is 0 Å². The molecular formula is C22H30ClN3O2S. The lowest BCUT2D eigenvalue weighted by atomic mass is 10.0. The first kappa shape index (κ1) is 22.3. The first-order valence-corrected chi connectivity index (χ1v) is 11.2. The fraction of sp³-hybridized carbons (Fsp3) is 0.591. The molecule has 4 rings (SSSR count). The van der Waals surface area contributed by atoms with Crippen LogP contribution in [0.5, 0.6) is 5.75 Å². The molecule has 2 heterocycles. The zero-order valence-electron chi connectivity index (χ0n) is 17.0. The van der Waals surface area contributed by atoms with Gasteiger partial charge in [0, 0.05) is 25.2 Å². The van der Waals surface area contributed by atoms with Crippen LogP contribution in [0.2, 0.25) is 0 Å². The normalized spacial score (nSPS) is 23.6. The van der Waals surface area contributed by atoms with E-state index < -0.39 is 0 Å². The molecule has 1 spiro atoms. The third-order valence-electron chi connectivity index (χ3n) is 6.14. The summed E-state index contributed by atoms with van der Waals surface area (Å²) in [6, 6.07) is 8.48. The van der Waals surface area contributed by atoms with Gasteiger partial charge in [0.1, 0.15) is 5.75 Å². The molecule has 0 bridgehead atoms. The molecule has 3 aliphatic rings. The molecule has 3 fully saturated rings. The number of ether oxygens (including phenoxy) is 1. The first-order valence-electron chi connectivity index (χ1n) is 10.2. The van der Waals surface area contributed by atoms with E-state index >= 15 is 0 Å². The van der Waals surface area contributed by atoms with Crippen molar-refractivity contribution in [1.29, 1.82) is 0 Å². The quantitative estimate of drug-likeness (QED) is 0.737. The van der Waals surface area contributed by atoms with Gasteiger partial charge in [0.25, 0.3) is 0 Å². The lowest BCUT2D eigenvalue weighted by Gasteiger charge is -2.36. The molecule has 1 unspecified atom stereocenters. The number of methoxy groups -OCH3 is 1. The van der Waals surface area contributed by atoms with Crippen molar-refractivity contribution in [2.45, 2.75) is 36.6 Å². The van der Waals surface area contributed by atoms with Crippen molar-refractivity contribution in [2.75, 3.05) is 45.6 Å². The number of amides is 1. The van der Waals surface area contributed by atoms with Crippen LogP contribution < -0.4 is 10.1 Å². The number of thioether (sulfide) groups is 1. The average Bonchev–Trinajstić information content (AvgIpc) is 3.33. The second-order valence-corrected chi connectivity index (χ2v) is 9.05. The largest absolute Gasteiger partial charge is 0.496 e. The maximum absolute atomic E-state index is 12.3. The summed E-state index contributed by atoms with van der Waals surface area (Å²) in [4.78, 5) is 16.8. The summed E-state index contributed by atoms with van der Waals surface area (Å²) >= 11 is 1.83. The van der Waals surface area contributed by atoms with E-state index in [2.05, 4.69) is 34.2 Å². The Morgan fingerprint density at radius 1 is 1.24 bits per heavy atom. The molecule has 1 aliphatic carbocycles. The number of carbonyl (C=O) groups excluding carboxylic acids is 1. The van der Waals surface area contributed by atoms with E-state index in [9.17, 15) is 4.79 Å². The van der Waals surface area contributed by atoms with Gasteiger partial charge in [-0.2, -0.15) is 0 Å². The van der Waals surface area contributed by atoms with Crippen LogP contribution in [-0.2, 0) is 4.79 Å². The highest BCUT2D eigenvalue weighted by Crippen LogP contribution is 2.48. The fourth-order valence-electron chi connectivity index (χ4n) is 4.63. The standard InChI is InChI=1S/C22H29N3O2S.ClH/c1-27-20-9-3-2-8-18(20)19-16-23-12-15-24(19)13-6-7-14-25-21(26)17-28-22(25)10-4-5-11-22;/h2-3,8-9,19,23H,4-5,10-17H2,1H3;1H. The van der Waals surface area contributed by atoms with E-state index in [1.165, 1.54) is 18.4 Å². The molecule has 2 aliphatic heterocycles. The molecule has 158 valence electrons. The topological polar surface area (TPSA) is 44.8 Å². The molecule has 0 aromatic heterocycles. The molecule has 1 saturated carbocycles. The molecule has 1 aromatic rings. The first-order chi connectivity index (χ1) is 13.7. The van der Waals surface area contributed by atoms with Crippen LogP contribution in [0, 0.1) is 11.8 Å². The molecule has 0 radical (unpaired) electrons. The van der Waals surface area contributed by atoms with Gasteiger partial charge in [0.05, 0.1) is 36.9 Å². The highest BCUT2D eigenvalue weighted by atomic mass is 35.5. The second-order valence-electron chi connectivity index (χ2n) is 7.71. The van der Waals surface area contributed by atoms with Crippen molar-refractivity contribution < 1.29 is 9.53 Å². The van der Waals surface area contributed by atoms with Crippen molar-refractivity contribution in [3.63, 3.8) is 0 Å². The Balaban J connectivity index is 0.00000240. The Kier molecular flexibility index (Phi) is 7.75. The molecular weight excluding hydrogens is 406 g/mol. The summed E-state index contributed by atoms with van der Waals surface area (Å²) in [7, 11) is 1.73. The van der Waals surface area contributed by atoms with Crippen LogP contribution in [0.25, 0.3) is 0 Å². The molecule has 1 atom stereocenters. The van der Waals surface area contributed by atoms with Gasteiger partial charge in [0.2, 0.25) is 5.91 Å². The van der Waals surface area contributed by atoms with Crippen molar-refractivity contribution in [1.82, 2.24) is 15.1 Å². The van der Waals surface area contributed by atoms with Crippen LogP contribution in [0.1, 0.15) is 37.3 Å². The SMILES string of the molecule is COc1ccccc1C1CNCCN1CC#CCN1C(=O)CSC12CCCC2.Cl. The minimum absolute atomic E-state index is 0. The van der Waals surface area contributed by atoms with Crippen LogP contribution in [0.3, 0.4) is 0 Å². The summed E-state index contributed by atoms with van der Waals surface area (Å²) in [5.74, 6) is 8.46. The van der Waals surface area contributed by atoms with Crippen LogP contribution in [0.4, 0.5) is 0 Å². The van der Waals surface area contributed by atoms with Crippen LogP contribution in [-0.4, -0.2) is 66.2 Å². The van der Waals surface area contributed by atoms with Gasteiger partial charge < -0.3 is 15.0 Å². The second kappa shape index (κ2) is 10.1. The Morgan fingerprint density at radius 2 is 2.00 bits per heavy atom. The molecule has 29 heavy (non-hydrogen) atoms. The highest BCUT2D eigenvalue weighted by molar-refractivity contribution is 8.01. The van der Waals surface area contributed by atoms with E-state index in [1.807, 2.05) is 28.8 Å². The van der Waals surface area contributed by atoms with Gasteiger partial charge in [-0.1, -0.05) is 42.9 Å². The number of nitrogens with one attached hydrogen (secondary N) is 1. The van der Waals surface area contributed by atoms with Gasteiger partial charge in [0.15, 0.2) is 0 Å². The van der Waals surface area contributed by atoms with Gasteiger partial charge >= 0.3 is 0 Å². The number of benzene rings is 1. The smallest absolute Gasteiger partial charge is 0.234 e. The highest BCUT2D eigenvalue weighted by Gasteiger charge is 2.47. The number of para-hydroxylation sites is 1. The third kappa shape index (κ3) is 4.69. The lowest BCUT2D eigenvalue weighted by Crippen LogP contribution is -2.46. The van der Waals surface area contributed by atoms with E-state index in [4.69, 9.17) is 4.74 Å². The minimum atomic E-state index is 0. The Morgan fingerprint density at radius 3 is 2.79 bits per heavy atom. The molecule has 1 amide bonds. The van der Waals surface area contributed by atoms with E-state index in [-0.39, 0.29) is 29.2 Å². The number of carbonyl (C=O) groups is 1. The molecule has 1 N–H and O–H groups in total. The van der Waals surface area contributed by atoms with E-state index in [1.54, 1.807) is 7.11 Å².